The normalized spacial score (nSPS) is 18.2. The van der Waals surface area contributed by atoms with Crippen molar-refractivity contribution in [2.45, 2.75) is 6.04 Å². The second-order valence-electron chi connectivity index (χ2n) is 4.13. The van der Waals surface area contributed by atoms with E-state index in [4.69, 9.17) is 0 Å². The van der Waals surface area contributed by atoms with E-state index in [1.54, 1.807) is 17.0 Å². The summed E-state index contributed by atoms with van der Waals surface area (Å²) in [7, 11) is 0. The summed E-state index contributed by atoms with van der Waals surface area (Å²) >= 11 is 0. The summed E-state index contributed by atoms with van der Waals surface area (Å²) in [5.41, 5.74) is 0.385. The molecule has 1 aliphatic rings. The summed E-state index contributed by atoms with van der Waals surface area (Å²) in [5.74, 6) is -1.48. The van der Waals surface area contributed by atoms with Crippen LogP contribution in [-0.2, 0) is 4.79 Å². The molecule has 1 fully saturated rings. The number of aromatic nitrogens is 1. The largest absolute Gasteiger partial charge is 0.480 e. The maximum Gasteiger partial charge on any atom is 0.329 e. The van der Waals surface area contributed by atoms with Crippen molar-refractivity contribution in [1.29, 1.82) is 0 Å². The highest BCUT2D eigenvalue weighted by Gasteiger charge is 2.33. The predicted octanol–water partition coefficient (Wildman–Crippen LogP) is -0.377. The van der Waals surface area contributed by atoms with Crippen LogP contribution in [-0.4, -0.2) is 59.0 Å². The van der Waals surface area contributed by atoms with Crippen molar-refractivity contribution in [2.24, 2.45) is 0 Å². The topological polar surface area (TPSA) is 82.5 Å². The Kier molecular flexibility index (Phi) is 4.01. The lowest BCUT2D eigenvalue weighted by Crippen LogP contribution is -2.54. The minimum atomic E-state index is -1.10. The second kappa shape index (κ2) is 5.70. The van der Waals surface area contributed by atoms with Gasteiger partial charge in [0.05, 0.1) is 0 Å². The maximum atomic E-state index is 12.2. The number of Topliss-reactive ketones (excluding diaryl/α,β-unsaturated/α-hetero) is 1. The van der Waals surface area contributed by atoms with E-state index in [0.29, 0.717) is 31.7 Å². The van der Waals surface area contributed by atoms with Gasteiger partial charge in [-0.1, -0.05) is 0 Å². The summed E-state index contributed by atoms with van der Waals surface area (Å²) in [6, 6.07) is 1.98. The lowest BCUT2D eigenvalue weighted by molar-refractivity contribution is -0.141. The first-order valence-corrected chi connectivity index (χ1v) is 5.82. The van der Waals surface area contributed by atoms with Crippen LogP contribution >= 0.6 is 0 Å². The molecular weight excluding hydrogens is 234 g/mol. The molecule has 1 unspecified atom stereocenters. The van der Waals surface area contributed by atoms with Gasteiger partial charge in [0.2, 0.25) is 0 Å². The van der Waals surface area contributed by atoms with Gasteiger partial charge in [-0.05, 0) is 12.1 Å². The van der Waals surface area contributed by atoms with Crippen molar-refractivity contribution in [3.8, 4) is 0 Å². The maximum absolute atomic E-state index is 12.2. The Labute approximate surface area is 105 Å². The predicted molar refractivity (Wildman–Crippen MR) is 64.4 cm³/mol. The number of ketones is 1. The Morgan fingerprint density at radius 1 is 1.28 bits per heavy atom. The van der Waals surface area contributed by atoms with Gasteiger partial charge in [-0.3, -0.25) is 19.5 Å². The number of pyridine rings is 1. The van der Waals surface area contributed by atoms with Crippen molar-refractivity contribution in [3.05, 3.63) is 30.1 Å². The van der Waals surface area contributed by atoms with Gasteiger partial charge < -0.3 is 10.4 Å². The molecule has 6 nitrogen and oxygen atoms in total. The number of carbonyl (C=O) groups excluding carboxylic acids is 1. The van der Waals surface area contributed by atoms with Crippen LogP contribution in [0.15, 0.2) is 24.5 Å². The zero-order valence-corrected chi connectivity index (χ0v) is 9.87. The van der Waals surface area contributed by atoms with Crippen LogP contribution in [0.3, 0.4) is 0 Å². The number of carboxylic acids is 1. The highest BCUT2D eigenvalue weighted by Crippen LogP contribution is 2.10. The SMILES string of the molecule is O=C(O)C(C(=O)c1ccncc1)N1CCNCC1. The van der Waals surface area contributed by atoms with Gasteiger partial charge in [0, 0.05) is 44.1 Å². The molecule has 6 heteroatoms. The second-order valence-corrected chi connectivity index (χ2v) is 4.13. The number of nitrogens with one attached hydrogen (secondary N) is 1. The first kappa shape index (κ1) is 12.7. The zero-order chi connectivity index (χ0) is 13.0. The molecule has 0 spiro atoms. The number of aliphatic carboxylic acids is 1. The van der Waals surface area contributed by atoms with Gasteiger partial charge in [-0.25, -0.2) is 0 Å². The number of hydrogen-bond acceptors (Lipinski definition) is 5. The molecule has 0 bridgehead atoms. The molecule has 1 atom stereocenters. The van der Waals surface area contributed by atoms with Crippen LogP contribution < -0.4 is 5.32 Å². The molecule has 0 amide bonds. The van der Waals surface area contributed by atoms with Gasteiger partial charge in [0.1, 0.15) is 0 Å². The van der Waals surface area contributed by atoms with Crippen LogP contribution in [0, 0.1) is 0 Å². The van der Waals surface area contributed by atoms with Gasteiger partial charge in [0.15, 0.2) is 11.8 Å². The van der Waals surface area contributed by atoms with E-state index in [1.165, 1.54) is 12.4 Å². The fourth-order valence-corrected chi connectivity index (χ4v) is 2.05. The number of hydrogen-bond donors (Lipinski definition) is 2. The molecule has 0 saturated carbocycles. The summed E-state index contributed by atoms with van der Waals surface area (Å²) in [5, 5.41) is 12.4. The van der Waals surface area contributed by atoms with E-state index in [9.17, 15) is 14.7 Å². The third-order valence-electron chi connectivity index (χ3n) is 2.96. The van der Waals surface area contributed by atoms with Gasteiger partial charge in [-0.15, -0.1) is 0 Å². The molecule has 96 valence electrons. The number of carboxylic acid groups (broad SMARTS) is 1. The molecular formula is C12H15N3O3. The van der Waals surface area contributed by atoms with Crippen molar-refractivity contribution >= 4 is 11.8 Å². The zero-order valence-electron chi connectivity index (χ0n) is 9.87. The van der Waals surface area contributed by atoms with Crippen molar-refractivity contribution < 1.29 is 14.7 Å². The van der Waals surface area contributed by atoms with Crippen molar-refractivity contribution in [3.63, 3.8) is 0 Å². The van der Waals surface area contributed by atoms with E-state index in [1.807, 2.05) is 0 Å². The van der Waals surface area contributed by atoms with E-state index in [2.05, 4.69) is 10.3 Å². The molecule has 0 aliphatic carbocycles. The number of rotatable bonds is 4. The number of nitrogens with zero attached hydrogens (tertiary/aromatic N) is 2. The molecule has 2 N–H and O–H groups in total. The van der Waals surface area contributed by atoms with Gasteiger partial charge in [0.25, 0.3) is 0 Å². The van der Waals surface area contributed by atoms with Crippen molar-refractivity contribution in [1.82, 2.24) is 15.2 Å². The first-order chi connectivity index (χ1) is 8.70. The standard InChI is InChI=1S/C12H15N3O3/c16-11(9-1-3-13-4-2-9)10(12(17)18)15-7-5-14-6-8-15/h1-4,10,14H,5-8H2,(H,17,18). The molecule has 2 rings (SSSR count). The first-order valence-electron chi connectivity index (χ1n) is 5.82. The lowest BCUT2D eigenvalue weighted by Gasteiger charge is -2.31. The molecule has 0 aromatic carbocycles. The summed E-state index contributed by atoms with van der Waals surface area (Å²) in [6.45, 7) is 2.53. The quantitative estimate of drug-likeness (QED) is 0.559. The van der Waals surface area contributed by atoms with E-state index < -0.39 is 12.0 Å². The molecule has 18 heavy (non-hydrogen) atoms. The lowest BCUT2D eigenvalue weighted by atomic mass is 10.0. The van der Waals surface area contributed by atoms with E-state index in [-0.39, 0.29) is 5.78 Å². The molecule has 0 radical (unpaired) electrons. The van der Waals surface area contributed by atoms with Crippen LogP contribution in [0.4, 0.5) is 0 Å². The third-order valence-corrected chi connectivity index (χ3v) is 2.96. The van der Waals surface area contributed by atoms with E-state index >= 15 is 0 Å². The summed E-state index contributed by atoms with van der Waals surface area (Å²) in [6.07, 6.45) is 2.98. The molecule has 1 aliphatic heterocycles. The summed E-state index contributed by atoms with van der Waals surface area (Å²) in [4.78, 5) is 29.0. The fourth-order valence-electron chi connectivity index (χ4n) is 2.05. The average Bonchev–Trinajstić information content (AvgIpc) is 2.40. The van der Waals surface area contributed by atoms with Gasteiger partial charge >= 0.3 is 5.97 Å². The average molecular weight is 249 g/mol. The molecule has 2 heterocycles. The van der Waals surface area contributed by atoms with E-state index in [0.717, 1.165) is 0 Å². The van der Waals surface area contributed by atoms with Crippen molar-refractivity contribution in [2.75, 3.05) is 26.2 Å². The highest BCUT2D eigenvalue weighted by atomic mass is 16.4. The minimum absolute atomic E-state index is 0.383. The van der Waals surface area contributed by atoms with Crippen LogP contribution in [0.2, 0.25) is 0 Å². The van der Waals surface area contributed by atoms with Crippen LogP contribution in [0.25, 0.3) is 0 Å². The minimum Gasteiger partial charge on any atom is -0.480 e. The highest BCUT2D eigenvalue weighted by molar-refractivity contribution is 6.11. The molecule has 1 saturated heterocycles. The summed E-state index contributed by atoms with van der Waals surface area (Å²) < 4.78 is 0. The third kappa shape index (κ3) is 2.72. The monoisotopic (exact) mass is 249 g/mol. The molecule has 1 aromatic rings. The Morgan fingerprint density at radius 3 is 2.44 bits per heavy atom. The Balaban J connectivity index is 2.19. The number of carbonyl (C=O) groups is 2. The van der Waals surface area contributed by atoms with Gasteiger partial charge in [-0.2, -0.15) is 0 Å². The molecule has 1 aromatic heterocycles. The van der Waals surface area contributed by atoms with Crippen LogP contribution in [0.1, 0.15) is 10.4 Å². The van der Waals surface area contributed by atoms with Crippen LogP contribution in [0.5, 0.6) is 0 Å². The smallest absolute Gasteiger partial charge is 0.329 e. The Morgan fingerprint density at radius 2 is 1.89 bits per heavy atom. The Bertz CT molecular complexity index is 429. The Hall–Kier alpha value is -1.79. The fraction of sp³-hybridized carbons (Fsp3) is 0.417. The number of piperazine rings is 1.